The lowest BCUT2D eigenvalue weighted by atomic mass is 10.2. The summed E-state index contributed by atoms with van der Waals surface area (Å²) in [6, 6.07) is 3.52. The summed E-state index contributed by atoms with van der Waals surface area (Å²) in [5.41, 5.74) is 0.105. The van der Waals surface area contributed by atoms with E-state index >= 15 is 0 Å². The molecule has 2 aromatic rings. The van der Waals surface area contributed by atoms with Gasteiger partial charge in [0.15, 0.2) is 0 Å². The van der Waals surface area contributed by atoms with Crippen molar-refractivity contribution in [3.63, 3.8) is 0 Å². The van der Waals surface area contributed by atoms with Crippen LogP contribution < -0.4 is 5.32 Å². The number of nitrogens with one attached hydrogen (secondary N) is 1. The Morgan fingerprint density at radius 3 is 3.05 bits per heavy atom. The Morgan fingerprint density at radius 1 is 1.50 bits per heavy atom. The molecule has 5 nitrogen and oxygen atoms in total. The lowest BCUT2D eigenvalue weighted by Gasteiger charge is -2.06. The highest BCUT2D eigenvalue weighted by Gasteiger charge is 2.14. The van der Waals surface area contributed by atoms with Crippen LogP contribution in [-0.2, 0) is 0 Å². The number of nitro groups is 1. The molecule has 0 unspecified atom stereocenters. The van der Waals surface area contributed by atoms with Crippen LogP contribution in [0.5, 0.6) is 0 Å². The fraction of sp³-hybridized carbons (Fsp3) is 0.250. The number of hydrogen-bond donors (Lipinski definition) is 1. The van der Waals surface area contributed by atoms with Gasteiger partial charge < -0.3 is 5.32 Å². The minimum Gasteiger partial charge on any atom is -0.379 e. The van der Waals surface area contributed by atoms with E-state index in [0.29, 0.717) is 12.2 Å². The van der Waals surface area contributed by atoms with E-state index in [1.807, 2.05) is 5.38 Å². The van der Waals surface area contributed by atoms with Crippen LogP contribution in [0, 0.1) is 15.9 Å². The Kier molecular flexibility index (Phi) is 5.31. The number of aromatic nitrogens is 1. The molecule has 0 aliphatic carbocycles. The lowest BCUT2D eigenvalue weighted by molar-refractivity contribution is -0.384. The van der Waals surface area contributed by atoms with Gasteiger partial charge in [0.25, 0.3) is 5.69 Å². The molecule has 0 amide bonds. The first-order valence-electron chi connectivity index (χ1n) is 5.87. The van der Waals surface area contributed by atoms with Gasteiger partial charge in [-0.05, 0) is 18.6 Å². The summed E-state index contributed by atoms with van der Waals surface area (Å²) in [7, 11) is 0. The standard InChI is InChI=1S/C12H12FN3O2S2/c13-9-2-3-10(11(8-9)16(17)18)14-4-1-6-19-12-15-5-7-20-12/h2-3,5,7-8,14H,1,4,6H2. The molecule has 1 aromatic carbocycles. The molecule has 0 aliphatic rings. The molecule has 1 N–H and O–H groups in total. The second-order valence-corrected chi connectivity index (χ2v) is 6.08. The molecular formula is C12H12FN3O2S2. The zero-order chi connectivity index (χ0) is 14.4. The smallest absolute Gasteiger partial charge is 0.295 e. The highest BCUT2D eigenvalue weighted by Crippen LogP contribution is 2.25. The SMILES string of the molecule is O=[N+]([O-])c1cc(F)ccc1NCCCSc1nccs1. The molecule has 0 saturated carbocycles. The lowest BCUT2D eigenvalue weighted by Crippen LogP contribution is -2.05. The Balaban J connectivity index is 1.80. The predicted molar refractivity (Wildman–Crippen MR) is 79.0 cm³/mol. The summed E-state index contributed by atoms with van der Waals surface area (Å²) < 4.78 is 14.0. The third kappa shape index (κ3) is 4.17. The van der Waals surface area contributed by atoms with Crippen molar-refractivity contribution in [2.45, 2.75) is 10.8 Å². The molecule has 0 spiro atoms. The summed E-state index contributed by atoms with van der Waals surface area (Å²) in [4.78, 5) is 14.4. The predicted octanol–water partition coefficient (Wildman–Crippen LogP) is 3.78. The van der Waals surface area contributed by atoms with Gasteiger partial charge in [-0.1, -0.05) is 11.8 Å². The molecule has 20 heavy (non-hydrogen) atoms. The third-order valence-electron chi connectivity index (χ3n) is 2.43. The van der Waals surface area contributed by atoms with Crippen molar-refractivity contribution in [3.8, 4) is 0 Å². The highest BCUT2D eigenvalue weighted by molar-refractivity contribution is 8.00. The van der Waals surface area contributed by atoms with Crippen molar-refractivity contribution < 1.29 is 9.31 Å². The molecule has 2 rings (SSSR count). The molecular weight excluding hydrogens is 301 g/mol. The van der Waals surface area contributed by atoms with Crippen LogP contribution in [-0.4, -0.2) is 22.2 Å². The normalized spacial score (nSPS) is 10.4. The van der Waals surface area contributed by atoms with Gasteiger partial charge in [-0.2, -0.15) is 0 Å². The van der Waals surface area contributed by atoms with Gasteiger partial charge >= 0.3 is 0 Å². The summed E-state index contributed by atoms with van der Waals surface area (Å²) in [5.74, 6) is 0.261. The minimum absolute atomic E-state index is 0.238. The van der Waals surface area contributed by atoms with Gasteiger partial charge in [-0.3, -0.25) is 10.1 Å². The highest BCUT2D eigenvalue weighted by atomic mass is 32.2. The number of nitrogens with zero attached hydrogens (tertiary/aromatic N) is 2. The van der Waals surface area contributed by atoms with Gasteiger partial charge in [0, 0.05) is 23.9 Å². The monoisotopic (exact) mass is 313 g/mol. The summed E-state index contributed by atoms with van der Waals surface area (Å²) in [6.07, 6.45) is 2.59. The van der Waals surface area contributed by atoms with Gasteiger partial charge in [-0.25, -0.2) is 9.37 Å². The van der Waals surface area contributed by atoms with Crippen molar-refractivity contribution >= 4 is 34.5 Å². The second kappa shape index (κ2) is 7.20. The van der Waals surface area contributed by atoms with Gasteiger partial charge in [0.2, 0.25) is 0 Å². The van der Waals surface area contributed by atoms with Crippen LogP contribution in [0.15, 0.2) is 34.1 Å². The molecule has 0 atom stereocenters. The Morgan fingerprint density at radius 2 is 2.35 bits per heavy atom. The van der Waals surface area contributed by atoms with Crippen LogP contribution in [0.4, 0.5) is 15.8 Å². The maximum absolute atomic E-state index is 13.0. The molecule has 0 saturated heterocycles. The Bertz CT molecular complexity index is 578. The number of thioether (sulfide) groups is 1. The molecule has 1 aromatic heterocycles. The molecule has 106 valence electrons. The van der Waals surface area contributed by atoms with E-state index in [0.717, 1.165) is 22.6 Å². The number of benzene rings is 1. The summed E-state index contributed by atoms with van der Waals surface area (Å²) in [5, 5.41) is 15.7. The van der Waals surface area contributed by atoms with E-state index < -0.39 is 10.7 Å². The average Bonchev–Trinajstić information content (AvgIpc) is 2.92. The second-order valence-electron chi connectivity index (χ2n) is 3.85. The fourth-order valence-corrected chi connectivity index (χ4v) is 3.19. The first-order chi connectivity index (χ1) is 9.66. The van der Waals surface area contributed by atoms with E-state index in [4.69, 9.17) is 0 Å². The van der Waals surface area contributed by atoms with Crippen molar-refractivity contribution in [2.75, 3.05) is 17.6 Å². The van der Waals surface area contributed by atoms with E-state index in [1.165, 1.54) is 12.1 Å². The van der Waals surface area contributed by atoms with E-state index in [2.05, 4.69) is 10.3 Å². The van der Waals surface area contributed by atoms with Crippen molar-refractivity contribution in [1.29, 1.82) is 0 Å². The zero-order valence-corrected chi connectivity index (χ0v) is 12.0. The number of rotatable bonds is 7. The quantitative estimate of drug-likeness (QED) is 0.364. The number of thiazole rings is 1. The van der Waals surface area contributed by atoms with Crippen LogP contribution in [0.2, 0.25) is 0 Å². The fourth-order valence-electron chi connectivity index (χ4n) is 1.54. The third-order valence-corrected chi connectivity index (χ3v) is 4.48. The Hall–Kier alpha value is -1.67. The number of anilines is 1. The number of hydrogen-bond acceptors (Lipinski definition) is 6. The summed E-state index contributed by atoms with van der Waals surface area (Å²) in [6.45, 7) is 0.588. The molecule has 0 aliphatic heterocycles. The molecule has 8 heteroatoms. The first-order valence-corrected chi connectivity index (χ1v) is 7.73. The number of halogens is 1. The topological polar surface area (TPSA) is 68.1 Å². The Labute approximate surface area is 123 Å². The summed E-state index contributed by atoms with van der Waals surface area (Å²) >= 11 is 3.23. The van der Waals surface area contributed by atoms with Gasteiger partial charge in [0.1, 0.15) is 15.8 Å². The molecule has 0 bridgehead atoms. The molecule has 0 fully saturated rings. The molecule has 0 radical (unpaired) electrons. The van der Waals surface area contributed by atoms with Crippen LogP contribution in [0.1, 0.15) is 6.42 Å². The molecule has 1 heterocycles. The van der Waals surface area contributed by atoms with Gasteiger partial charge in [-0.15, -0.1) is 11.3 Å². The van der Waals surface area contributed by atoms with E-state index in [-0.39, 0.29) is 5.69 Å². The van der Waals surface area contributed by atoms with Crippen molar-refractivity contribution in [1.82, 2.24) is 4.98 Å². The van der Waals surface area contributed by atoms with Crippen molar-refractivity contribution in [2.24, 2.45) is 0 Å². The van der Waals surface area contributed by atoms with E-state index in [1.54, 1.807) is 29.3 Å². The average molecular weight is 313 g/mol. The van der Waals surface area contributed by atoms with Crippen LogP contribution in [0.25, 0.3) is 0 Å². The van der Waals surface area contributed by atoms with Crippen LogP contribution >= 0.6 is 23.1 Å². The maximum atomic E-state index is 13.0. The zero-order valence-electron chi connectivity index (χ0n) is 10.4. The van der Waals surface area contributed by atoms with E-state index in [9.17, 15) is 14.5 Å². The first kappa shape index (κ1) is 14.7. The van der Waals surface area contributed by atoms with Gasteiger partial charge in [0.05, 0.1) is 11.0 Å². The number of nitro benzene ring substituents is 1. The van der Waals surface area contributed by atoms with Crippen LogP contribution in [0.3, 0.4) is 0 Å². The minimum atomic E-state index is -0.610. The maximum Gasteiger partial charge on any atom is 0.295 e. The largest absolute Gasteiger partial charge is 0.379 e. The van der Waals surface area contributed by atoms with Crippen molar-refractivity contribution in [3.05, 3.63) is 45.7 Å².